The van der Waals surface area contributed by atoms with Crippen LogP contribution in [-0.2, 0) is 4.74 Å². The zero-order valence-electron chi connectivity index (χ0n) is 14.6. The topological polar surface area (TPSA) is 122 Å². The molecule has 1 aliphatic heterocycles. The van der Waals surface area contributed by atoms with Crippen LogP contribution in [0.15, 0.2) is 29.4 Å². The van der Waals surface area contributed by atoms with E-state index in [1.54, 1.807) is 12.1 Å². The number of carbonyl (C=O) groups is 1. The average molecular weight is 340 g/mol. The lowest BCUT2D eigenvalue weighted by molar-refractivity contribution is 0.0696. The molecule has 0 radical (unpaired) electrons. The third-order valence-electron chi connectivity index (χ3n) is 3.02. The van der Waals surface area contributed by atoms with Gasteiger partial charge in [0.2, 0.25) is 0 Å². The number of carboxylic acids is 1. The first-order chi connectivity index (χ1) is 11.2. The molecule has 0 aliphatic carbocycles. The summed E-state index contributed by atoms with van der Waals surface area (Å²) in [4.78, 5) is 19.6. The third-order valence-corrected chi connectivity index (χ3v) is 3.02. The van der Waals surface area contributed by atoms with Gasteiger partial charge in [0.1, 0.15) is 0 Å². The number of hydrogen-bond donors (Lipinski definition) is 3. The number of nitrogen functional groups attached to an aromatic ring is 1. The third kappa shape index (κ3) is 11.6. The van der Waals surface area contributed by atoms with E-state index in [9.17, 15) is 9.70 Å². The van der Waals surface area contributed by atoms with Gasteiger partial charge in [-0.15, -0.1) is 4.91 Å². The molecule has 0 spiro atoms. The van der Waals surface area contributed by atoms with Crippen LogP contribution < -0.4 is 5.73 Å². The van der Waals surface area contributed by atoms with Crippen LogP contribution in [0.3, 0.4) is 0 Å². The largest absolute Gasteiger partial charge is 0.478 e. The molecule has 136 valence electrons. The van der Waals surface area contributed by atoms with Crippen molar-refractivity contribution in [2.75, 3.05) is 12.3 Å². The van der Waals surface area contributed by atoms with Gasteiger partial charge < -0.3 is 20.7 Å². The number of aromatic carboxylic acids is 1. The quantitative estimate of drug-likeness (QED) is 0.570. The van der Waals surface area contributed by atoms with Gasteiger partial charge in [0.15, 0.2) is 5.72 Å². The SMILES string of the molecule is CC(C)(O)N=O.CCCC1CCCO1.Nc1ccc(C(=O)O)cc1. The predicted molar refractivity (Wildman–Crippen MR) is 93.8 cm³/mol. The molecule has 2 rings (SSSR count). The van der Waals surface area contributed by atoms with Crippen molar-refractivity contribution in [3.63, 3.8) is 0 Å². The standard InChI is InChI=1S/C7H7NO2.C7H14O.C3H7NO2/c8-6-3-1-5(2-4-6)7(9)10;1-2-4-7-5-3-6-8-7;1-3(2,5)4-6/h1-4H,8H2,(H,9,10);7H,2-6H2,1H3;5H,1-2H3. The van der Waals surface area contributed by atoms with Gasteiger partial charge in [-0.3, -0.25) is 0 Å². The number of nitrogens with zero attached hydrogens (tertiary/aromatic N) is 1. The number of rotatable bonds is 4. The zero-order chi connectivity index (χ0) is 18.6. The smallest absolute Gasteiger partial charge is 0.335 e. The Kier molecular flexibility index (Phi) is 10.6. The number of benzene rings is 1. The lowest BCUT2D eigenvalue weighted by Gasteiger charge is -2.04. The van der Waals surface area contributed by atoms with Crippen molar-refractivity contribution in [1.29, 1.82) is 0 Å². The van der Waals surface area contributed by atoms with Crippen molar-refractivity contribution in [3.8, 4) is 0 Å². The van der Waals surface area contributed by atoms with Gasteiger partial charge in [0, 0.05) is 12.3 Å². The number of anilines is 1. The van der Waals surface area contributed by atoms with Gasteiger partial charge in [-0.1, -0.05) is 13.3 Å². The van der Waals surface area contributed by atoms with Crippen LogP contribution >= 0.6 is 0 Å². The lowest BCUT2D eigenvalue weighted by atomic mass is 10.1. The molecule has 1 heterocycles. The maximum Gasteiger partial charge on any atom is 0.335 e. The van der Waals surface area contributed by atoms with Gasteiger partial charge in [0.05, 0.1) is 11.7 Å². The van der Waals surface area contributed by atoms with Crippen LogP contribution in [0.4, 0.5) is 5.69 Å². The van der Waals surface area contributed by atoms with Gasteiger partial charge in [-0.2, -0.15) is 0 Å². The van der Waals surface area contributed by atoms with E-state index >= 15 is 0 Å². The van der Waals surface area contributed by atoms with E-state index in [1.807, 2.05) is 0 Å². The highest BCUT2D eigenvalue weighted by Crippen LogP contribution is 2.15. The van der Waals surface area contributed by atoms with Crippen molar-refractivity contribution in [1.82, 2.24) is 0 Å². The Balaban J connectivity index is 0.000000343. The van der Waals surface area contributed by atoms with Crippen molar-refractivity contribution in [2.24, 2.45) is 5.18 Å². The van der Waals surface area contributed by atoms with Crippen LogP contribution in [0.5, 0.6) is 0 Å². The summed E-state index contributed by atoms with van der Waals surface area (Å²) in [5, 5.41) is 19.1. The molecule has 1 aliphatic rings. The maximum atomic E-state index is 10.3. The lowest BCUT2D eigenvalue weighted by Crippen LogP contribution is -2.12. The molecule has 1 unspecified atom stereocenters. The maximum absolute atomic E-state index is 10.3. The van der Waals surface area contributed by atoms with E-state index in [4.69, 9.17) is 20.7 Å². The number of carboxylic acid groups (broad SMARTS) is 1. The van der Waals surface area contributed by atoms with E-state index in [0.717, 1.165) is 6.61 Å². The molecular formula is C17H28N2O5. The van der Waals surface area contributed by atoms with Crippen molar-refractivity contribution in [3.05, 3.63) is 34.7 Å². The predicted octanol–water partition coefficient (Wildman–Crippen LogP) is 3.41. The first kappa shape index (κ1) is 22.0. The Labute approximate surface area is 142 Å². The molecule has 4 N–H and O–H groups in total. The second kappa shape index (κ2) is 11.5. The highest BCUT2D eigenvalue weighted by Gasteiger charge is 2.12. The molecule has 1 saturated heterocycles. The van der Waals surface area contributed by atoms with Gasteiger partial charge >= 0.3 is 5.97 Å². The fourth-order valence-electron chi connectivity index (χ4n) is 1.82. The van der Waals surface area contributed by atoms with Gasteiger partial charge in [0.25, 0.3) is 0 Å². The van der Waals surface area contributed by atoms with E-state index in [1.165, 1.54) is 51.7 Å². The molecule has 1 atom stereocenters. The summed E-state index contributed by atoms with van der Waals surface area (Å²) in [6.45, 7) is 5.85. The molecule has 24 heavy (non-hydrogen) atoms. The normalized spacial score (nSPS) is 16.2. The summed E-state index contributed by atoms with van der Waals surface area (Å²) in [6.07, 6.45) is 5.73. The number of nitrogens with two attached hydrogens (primary N) is 1. The van der Waals surface area contributed by atoms with Crippen molar-refractivity contribution in [2.45, 2.75) is 58.3 Å². The minimum Gasteiger partial charge on any atom is -0.478 e. The van der Waals surface area contributed by atoms with Crippen LogP contribution in [-0.4, -0.2) is 34.6 Å². The second-order valence-corrected chi connectivity index (χ2v) is 5.94. The summed E-state index contributed by atoms with van der Waals surface area (Å²) in [5.74, 6) is -0.931. The Morgan fingerprint density at radius 2 is 1.92 bits per heavy atom. The van der Waals surface area contributed by atoms with Crippen molar-refractivity contribution < 1.29 is 19.7 Å². The monoisotopic (exact) mass is 340 g/mol. The molecular weight excluding hydrogens is 312 g/mol. The second-order valence-electron chi connectivity index (χ2n) is 5.94. The molecule has 7 heteroatoms. The number of aliphatic hydroxyl groups is 1. The molecule has 0 saturated carbocycles. The molecule has 7 nitrogen and oxygen atoms in total. The zero-order valence-corrected chi connectivity index (χ0v) is 14.6. The Morgan fingerprint density at radius 3 is 2.25 bits per heavy atom. The molecule has 1 aromatic rings. The summed E-state index contributed by atoms with van der Waals surface area (Å²) in [5.41, 5.74) is 4.78. The van der Waals surface area contributed by atoms with Gasteiger partial charge in [-0.05, 0) is 62.6 Å². The summed E-state index contributed by atoms with van der Waals surface area (Å²) >= 11 is 0. The molecule has 0 amide bonds. The summed E-state index contributed by atoms with van der Waals surface area (Å²) < 4.78 is 5.39. The van der Waals surface area contributed by atoms with E-state index in [-0.39, 0.29) is 5.56 Å². The highest BCUT2D eigenvalue weighted by molar-refractivity contribution is 5.87. The first-order valence-electron chi connectivity index (χ1n) is 7.97. The Morgan fingerprint density at radius 1 is 1.38 bits per heavy atom. The fourth-order valence-corrected chi connectivity index (χ4v) is 1.82. The number of nitroso groups, excluding NO2 is 1. The van der Waals surface area contributed by atoms with Crippen molar-refractivity contribution >= 4 is 11.7 Å². The van der Waals surface area contributed by atoms with Crippen LogP contribution in [0.25, 0.3) is 0 Å². The minimum absolute atomic E-state index is 0.259. The Hall–Kier alpha value is -1.99. The molecule has 1 aromatic carbocycles. The van der Waals surface area contributed by atoms with Crippen LogP contribution in [0, 0.1) is 4.91 Å². The van der Waals surface area contributed by atoms with Gasteiger partial charge in [-0.25, -0.2) is 4.79 Å². The minimum atomic E-state index is -1.39. The summed E-state index contributed by atoms with van der Waals surface area (Å²) in [6, 6.07) is 6.06. The first-order valence-corrected chi connectivity index (χ1v) is 7.97. The molecule has 1 fully saturated rings. The average Bonchev–Trinajstić information content (AvgIpc) is 3.02. The van der Waals surface area contributed by atoms with E-state index < -0.39 is 11.7 Å². The summed E-state index contributed by atoms with van der Waals surface area (Å²) in [7, 11) is 0. The van der Waals surface area contributed by atoms with Crippen LogP contribution in [0.1, 0.15) is 56.8 Å². The Bertz CT molecular complexity index is 477. The van der Waals surface area contributed by atoms with E-state index in [0.29, 0.717) is 11.8 Å². The molecule has 0 bridgehead atoms. The molecule has 0 aromatic heterocycles. The number of ether oxygens (including phenoxy) is 1. The van der Waals surface area contributed by atoms with Crippen LogP contribution in [0.2, 0.25) is 0 Å². The number of hydrogen-bond acceptors (Lipinski definition) is 6. The fraction of sp³-hybridized carbons (Fsp3) is 0.588. The highest BCUT2D eigenvalue weighted by atomic mass is 16.5. The van der Waals surface area contributed by atoms with E-state index in [2.05, 4.69) is 12.1 Å².